The summed E-state index contributed by atoms with van der Waals surface area (Å²) in [5.41, 5.74) is 7.17. The Labute approximate surface area is 261 Å². The van der Waals surface area contributed by atoms with Gasteiger partial charge in [-0.1, -0.05) is 61.0 Å². The molecule has 3 aromatic carbocycles. The highest BCUT2D eigenvalue weighted by Gasteiger charge is 2.33. The van der Waals surface area contributed by atoms with E-state index in [1.165, 1.54) is 32.3 Å². The highest BCUT2D eigenvalue weighted by Crippen LogP contribution is 2.52. The van der Waals surface area contributed by atoms with Crippen molar-refractivity contribution in [2.24, 2.45) is 0 Å². The van der Waals surface area contributed by atoms with Gasteiger partial charge in [0.2, 0.25) is 0 Å². The molecule has 0 N–H and O–H groups in total. The summed E-state index contributed by atoms with van der Waals surface area (Å²) in [5.74, 6) is 1.33. The van der Waals surface area contributed by atoms with Crippen molar-refractivity contribution in [3.8, 4) is 0 Å². The van der Waals surface area contributed by atoms with E-state index >= 15 is 0 Å². The molecule has 2 amide bonds. The number of nitrogens with zero attached hydrogens (tertiary/aromatic N) is 2. The van der Waals surface area contributed by atoms with Crippen LogP contribution in [0.2, 0.25) is 0 Å². The standard InChI is InChI=1S/C33H34N2O4S3/c36-29-19-20-30(37)35(29)39-31(38)18-5-2-10-22-41-33(42-23-11-21-40)32-25-14-6-8-16-27(25)34(24-12-3-1-4-13-24)28-17-9-7-15-26(28)32/h1,3-4,6-9,12-17,40H,2,5,10-11,18-23H2. The van der Waals surface area contributed by atoms with E-state index in [-0.39, 0.29) is 19.3 Å². The van der Waals surface area contributed by atoms with Gasteiger partial charge in [0.25, 0.3) is 11.8 Å². The van der Waals surface area contributed by atoms with Crippen LogP contribution in [0, 0.1) is 0 Å². The quantitative estimate of drug-likeness (QED) is 0.0922. The van der Waals surface area contributed by atoms with Crippen LogP contribution in [-0.2, 0) is 19.2 Å². The first-order valence-corrected chi connectivity index (χ1v) is 16.9. The van der Waals surface area contributed by atoms with Gasteiger partial charge in [-0.25, -0.2) is 4.79 Å². The second kappa shape index (κ2) is 14.8. The number of fused-ring (bicyclic) bond motifs is 2. The van der Waals surface area contributed by atoms with Crippen LogP contribution in [-0.4, -0.2) is 40.1 Å². The first kappa shape index (κ1) is 30.3. The molecule has 0 aromatic heterocycles. The number of unbranched alkanes of at least 4 members (excludes halogenated alkanes) is 2. The highest BCUT2D eigenvalue weighted by molar-refractivity contribution is 8.22. The van der Waals surface area contributed by atoms with Crippen molar-refractivity contribution in [3.63, 3.8) is 0 Å². The number of thiol groups is 1. The van der Waals surface area contributed by atoms with Crippen LogP contribution >= 0.6 is 36.2 Å². The minimum atomic E-state index is -0.533. The van der Waals surface area contributed by atoms with Crippen molar-refractivity contribution in [1.29, 1.82) is 0 Å². The summed E-state index contributed by atoms with van der Waals surface area (Å²) in [7, 11) is 0. The zero-order chi connectivity index (χ0) is 29.3. The smallest absolute Gasteiger partial charge is 0.330 e. The fourth-order valence-electron chi connectivity index (χ4n) is 5.04. The molecule has 2 aliphatic rings. The van der Waals surface area contributed by atoms with Gasteiger partial charge in [0.1, 0.15) is 0 Å². The number of amides is 2. The minimum Gasteiger partial charge on any atom is -0.330 e. The lowest BCUT2D eigenvalue weighted by atomic mass is 9.91. The van der Waals surface area contributed by atoms with Crippen LogP contribution in [0.1, 0.15) is 56.1 Å². The second-order valence-corrected chi connectivity index (χ2v) is 12.9. The molecule has 6 nitrogen and oxygen atoms in total. The number of benzene rings is 3. The van der Waals surface area contributed by atoms with Crippen LogP contribution < -0.4 is 4.90 Å². The third kappa shape index (κ3) is 7.07. The maximum atomic E-state index is 12.2. The number of carbonyl (C=O) groups is 3. The van der Waals surface area contributed by atoms with Crippen molar-refractivity contribution < 1.29 is 19.2 Å². The molecule has 0 aliphatic carbocycles. The molecule has 42 heavy (non-hydrogen) atoms. The van der Waals surface area contributed by atoms with E-state index in [1.807, 2.05) is 29.6 Å². The van der Waals surface area contributed by atoms with Gasteiger partial charge in [0.15, 0.2) is 0 Å². The number of rotatable bonds is 13. The SMILES string of the molecule is O=C(CCCCCSC(SCCCS)=C1c2ccccc2N(c2ccccc2)c2ccccc21)ON1C(=O)CCC1=O. The Morgan fingerprint density at radius 2 is 1.31 bits per heavy atom. The Kier molecular flexibility index (Phi) is 10.7. The molecule has 2 heterocycles. The zero-order valence-corrected chi connectivity index (χ0v) is 25.9. The van der Waals surface area contributed by atoms with Gasteiger partial charge in [-0.2, -0.15) is 12.6 Å². The number of imide groups is 1. The average molecular weight is 619 g/mol. The third-order valence-corrected chi connectivity index (χ3v) is 9.98. The van der Waals surface area contributed by atoms with Crippen molar-refractivity contribution in [2.75, 3.05) is 22.2 Å². The molecule has 218 valence electrons. The monoisotopic (exact) mass is 618 g/mol. The van der Waals surface area contributed by atoms with Gasteiger partial charge in [0.05, 0.1) is 11.4 Å². The Balaban J connectivity index is 1.32. The second-order valence-electron chi connectivity index (χ2n) is 10.00. The van der Waals surface area contributed by atoms with Crippen LogP contribution in [0.15, 0.2) is 83.1 Å². The van der Waals surface area contributed by atoms with E-state index in [1.54, 1.807) is 0 Å². The van der Waals surface area contributed by atoms with Gasteiger partial charge in [-0.3, -0.25) is 9.59 Å². The normalized spacial score (nSPS) is 14.2. The minimum absolute atomic E-state index is 0.104. The lowest BCUT2D eigenvalue weighted by Crippen LogP contribution is -2.31. The van der Waals surface area contributed by atoms with E-state index in [4.69, 9.17) is 4.84 Å². The number of carbonyl (C=O) groups excluding carboxylic acids is 3. The van der Waals surface area contributed by atoms with Gasteiger partial charge in [-0.05, 0) is 60.8 Å². The zero-order valence-electron chi connectivity index (χ0n) is 23.4. The van der Waals surface area contributed by atoms with Crippen LogP contribution in [0.3, 0.4) is 0 Å². The molecule has 1 saturated heterocycles. The van der Waals surface area contributed by atoms with Crippen molar-refractivity contribution in [3.05, 3.63) is 94.2 Å². The van der Waals surface area contributed by atoms with Crippen molar-refractivity contribution in [2.45, 2.75) is 44.9 Å². The van der Waals surface area contributed by atoms with Crippen LogP contribution in [0.5, 0.6) is 0 Å². The Hall–Kier alpha value is -3.14. The lowest BCUT2D eigenvalue weighted by Gasteiger charge is -2.35. The molecule has 5 rings (SSSR count). The Bertz CT molecular complexity index is 1390. The highest BCUT2D eigenvalue weighted by atomic mass is 32.2. The molecule has 3 aromatic rings. The number of thioether (sulfide) groups is 2. The Morgan fingerprint density at radius 3 is 1.93 bits per heavy atom. The summed E-state index contributed by atoms with van der Waals surface area (Å²) in [6.07, 6.45) is 3.84. The van der Waals surface area contributed by atoms with Gasteiger partial charge < -0.3 is 9.74 Å². The molecule has 0 bridgehead atoms. The summed E-state index contributed by atoms with van der Waals surface area (Å²) in [4.78, 5) is 42.8. The molecule has 0 saturated carbocycles. The molecule has 0 atom stereocenters. The van der Waals surface area contributed by atoms with Crippen molar-refractivity contribution in [1.82, 2.24) is 5.06 Å². The van der Waals surface area contributed by atoms with Gasteiger partial charge >= 0.3 is 5.97 Å². The fraction of sp³-hybridized carbons (Fsp3) is 0.303. The predicted molar refractivity (Wildman–Crippen MR) is 176 cm³/mol. The molecule has 9 heteroatoms. The molecule has 0 unspecified atom stereocenters. The number of hydrogen-bond acceptors (Lipinski definition) is 8. The number of anilines is 3. The molecule has 1 fully saturated rings. The molecular formula is C33H34N2O4S3. The van der Waals surface area contributed by atoms with E-state index in [0.29, 0.717) is 11.5 Å². The predicted octanol–water partition coefficient (Wildman–Crippen LogP) is 8.14. The first-order valence-electron chi connectivity index (χ1n) is 14.3. The Morgan fingerprint density at radius 1 is 0.738 bits per heavy atom. The summed E-state index contributed by atoms with van der Waals surface area (Å²) in [6, 6.07) is 27.7. The molecule has 0 radical (unpaired) electrons. The maximum absolute atomic E-state index is 12.2. The van der Waals surface area contributed by atoms with Gasteiger partial charge in [-0.15, -0.1) is 28.6 Å². The third-order valence-electron chi connectivity index (χ3n) is 7.04. The number of hydroxylamine groups is 2. The van der Waals surface area contributed by atoms with Crippen molar-refractivity contribution >= 4 is 76.6 Å². The van der Waals surface area contributed by atoms with Gasteiger partial charge in [0, 0.05) is 45.9 Å². The topological polar surface area (TPSA) is 66.9 Å². The van der Waals surface area contributed by atoms with E-state index in [2.05, 4.69) is 90.3 Å². The van der Waals surface area contributed by atoms with Crippen LogP contribution in [0.25, 0.3) is 5.57 Å². The summed E-state index contributed by atoms with van der Waals surface area (Å²) >= 11 is 8.21. The largest absolute Gasteiger partial charge is 0.333 e. The van der Waals surface area contributed by atoms with E-state index < -0.39 is 17.8 Å². The lowest BCUT2D eigenvalue weighted by molar-refractivity contribution is -0.197. The number of para-hydroxylation sites is 3. The van der Waals surface area contributed by atoms with E-state index in [0.717, 1.165) is 42.2 Å². The fourth-order valence-corrected chi connectivity index (χ4v) is 7.99. The summed E-state index contributed by atoms with van der Waals surface area (Å²) in [6.45, 7) is 0. The molecular weight excluding hydrogens is 585 g/mol. The maximum Gasteiger partial charge on any atom is 0.333 e. The number of hydrogen-bond donors (Lipinski definition) is 1. The molecule has 2 aliphatic heterocycles. The first-order chi connectivity index (χ1) is 20.6. The van der Waals surface area contributed by atoms with E-state index in [9.17, 15) is 14.4 Å². The summed E-state index contributed by atoms with van der Waals surface area (Å²) in [5, 5.41) is 0.622. The van der Waals surface area contributed by atoms with Crippen LogP contribution in [0.4, 0.5) is 17.1 Å². The molecule has 0 spiro atoms. The summed E-state index contributed by atoms with van der Waals surface area (Å²) < 4.78 is 1.30. The average Bonchev–Trinajstić information content (AvgIpc) is 3.33.